The maximum atomic E-state index is 12.0. The highest BCUT2D eigenvalue weighted by atomic mass is 16.5. The fraction of sp³-hybridized carbons (Fsp3) is 0.421. The Morgan fingerprint density at radius 1 is 1.33 bits per heavy atom. The van der Waals surface area contributed by atoms with Gasteiger partial charge in [-0.1, -0.05) is 12.1 Å². The van der Waals surface area contributed by atoms with E-state index in [2.05, 4.69) is 24.4 Å². The number of anilines is 1. The van der Waals surface area contributed by atoms with Crippen LogP contribution in [0.25, 0.3) is 0 Å². The van der Waals surface area contributed by atoms with E-state index in [9.17, 15) is 4.79 Å². The van der Waals surface area contributed by atoms with E-state index in [0.29, 0.717) is 13.0 Å². The van der Waals surface area contributed by atoms with Crippen LogP contribution in [0.1, 0.15) is 43.2 Å². The number of hydrogen-bond acceptors (Lipinski definition) is 4. The van der Waals surface area contributed by atoms with Crippen molar-refractivity contribution in [1.29, 1.82) is 0 Å². The maximum Gasteiger partial charge on any atom is 0.227 e. The average molecular weight is 328 g/mol. The molecule has 1 saturated heterocycles. The van der Waals surface area contributed by atoms with Gasteiger partial charge in [0.2, 0.25) is 5.91 Å². The van der Waals surface area contributed by atoms with E-state index in [4.69, 9.17) is 9.15 Å². The van der Waals surface area contributed by atoms with Gasteiger partial charge in [0, 0.05) is 31.8 Å². The van der Waals surface area contributed by atoms with Gasteiger partial charge in [-0.2, -0.15) is 0 Å². The highest BCUT2D eigenvalue weighted by Crippen LogP contribution is 2.26. The van der Waals surface area contributed by atoms with Crippen molar-refractivity contribution in [3.8, 4) is 0 Å². The van der Waals surface area contributed by atoms with Crippen LogP contribution in [0.15, 0.2) is 47.1 Å². The number of amides is 1. The molecule has 0 radical (unpaired) electrons. The SMILES string of the molecule is COCC(NC(C)c1cccc(N2CCCC2=O)c1)c1ccco1. The molecule has 0 spiro atoms. The Morgan fingerprint density at radius 3 is 2.88 bits per heavy atom. The van der Waals surface area contributed by atoms with Crippen molar-refractivity contribution in [2.24, 2.45) is 0 Å². The molecule has 0 aliphatic carbocycles. The van der Waals surface area contributed by atoms with Crippen molar-refractivity contribution in [2.75, 3.05) is 25.2 Å². The number of carbonyl (C=O) groups excluding carboxylic acids is 1. The molecule has 2 unspecified atom stereocenters. The molecule has 1 aromatic carbocycles. The lowest BCUT2D eigenvalue weighted by molar-refractivity contribution is -0.117. The molecule has 1 aliphatic rings. The Kier molecular flexibility index (Phi) is 5.33. The minimum Gasteiger partial charge on any atom is -0.468 e. The number of hydrogen-bond donors (Lipinski definition) is 1. The van der Waals surface area contributed by atoms with Crippen LogP contribution < -0.4 is 10.2 Å². The van der Waals surface area contributed by atoms with Crippen molar-refractivity contribution in [1.82, 2.24) is 5.32 Å². The highest BCUT2D eigenvalue weighted by molar-refractivity contribution is 5.95. The molecule has 1 N–H and O–H groups in total. The Labute approximate surface area is 142 Å². The fourth-order valence-electron chi connectivity index (χ4n) is 3.15. The molecule has 1 fully saturated rings. The quantitative estimate of drug-likeness (QED) is 0.846. The summed E-state index contributed by atoms with van der Waals surface area (Å²) >= 11 is 0. The van der Waals surface area contributed by atoms with E-state index < -0.39 is 0 Å². The largest absolute Gasteiger partial charge is 0.468 e. The molecule has 3 rings (SSSR count). The second-order valence-electron chi connectivity index (χ2n) is 6.16. The standard InChI is InChI=1S/C19H24N2O3/c1-14(20-17(13-23-2)18-8-5-11-24-18)15-6-3-7-16(12-15)21-10-4-9-19(21)22/h3,5-8,11-12,14,17,20H,4,9-10,13H2,1-2H3. The van der Waals surface area contributed by atoms with Crippen molar-refractivity contribution >= 4 is 11.6 Å². The summed E-state index contributed by atoms with van der Waals surface area (Å²) in [6, 6.07) is 12.1. The molecule has 2 heterocycles. The number of nitrogens with one attached hydrogen (secondary N) is 1. The molecule has 0 bridgehead atoms. The number of rotatable bonds is 7. The summed E-state index contributed by atoms with van der Waals surface area (Å²) in [5.41, 5.74) is 2.12. The van der Waals surface area contributed by atoms with Crippen LogP contribution >= 0.6 is 0 Å². The van der Waals surface area contributed by atoms with Crippen LogP contribution in [0.2, 0.25) is 0 Å². The molecular formula is C19H24N2O3. The monoisotopic (exact) mass is 328 g/mol. The first-order chi connectivity index (χ1) is 11.7. The van der Waals surface area contributed by atoms with Crippen LogP contribution in [-0.2, 0) is 9.53 Å². The summed E-state index contributed by atoms with van der Waals surface area (Å²) in [5, 5.41) is 3.54. The number of methoxy groups -OCH3 is 1. The van der Waals surface area contributed by atoms with E-state index in [1.807, 2.05) is 29.2 Å². The van der Waals surface area contributed by atoms with Gasteiger partial charge in [-0.15, -0.1) is 0 Å². The minimum absolute atomic E-state index is 0.0166. The van der Waals surface area contributed by atoms with Crippen LogP contribution in [0, 0.1) is 0 Å². The topological polar surface area (TPSA) is 54.7 Å². The molecule has 1 aliphatic heterocycles. The van der Waals surface area contributed by atoms with Gasteiger partial charge in [-0.3, -0.25) is 10.1 Å². The Bertz CT molecular complexity index is 669. The molecule has 2 atom stereocenters. The summed E-state index contributed by atoms with van der Waals surface area (Å²) in [6.07, 6.45) is 3.25. The highest BCUT2D eigenvalue weighted by Gasteiger charge is 2.23. The van der Waals surface area contributed by atoms with Gasteiger partial charge < -0.3 is 14.1 Å². The summed E-state index contributed by atoms with van der Waals surface area (Å²) in [5.74, 6) is 1.06. The summed E-state index contributed by atoms with van der Waals surface area (Å²) < 4.78 is 10.8. The molecule has 24 heavy (non-hydrogen) atoms. The van der Waals surface area contributed by atoms with Crippen LogP contribution in [0.4, 0.5) is 5.69 Å². The lowest BCUT2D eigenvalue weighted by atomic mass is 10.1. The molecule has 5 heteroatoms. The zero-order valence-electron chi connectivity index (χ0n) is 14.2. The van der Waals surface area contributed by atoms with E-state index in [1.54, 1.807) is 13.4 Å². The van der Waals surface area contributed by atoms with Crippen LogP contribution in [0.5, 0.6) is 0 Å². The summed E-state index contributed by atoms with van der Waals surface area (Å²) in [4.78, 5) is 13.8. The number of furan rings is 1. The van der Waals surface area contributed by atoms with Gasteiger partial charge in [-0.25, -0.2) is 0 Å². The molecule has 1 aromatic heterocycles. The first-order valence-electron chi connectivity index (χ1n) is 8.37. The Hall–Kier alpha value is -2.11. The third kappa shape index (κ3) is 3.68. The second-order valence-corrected chi connectivity index (χ2v) is 6.16. The number of carbonyl (C=O) groups is 1. The second kappa shape index (κ2) is 7.64. The fourth-order valence-corrected chi connectivity index (χ4v) is 3.15. The lowest BCUT2D eigenvalue weighted by Gasteiger charge is -2.23. The lowest BCUT2D eigenvalue weighted by Crippen LogP contribution is -2.28. The zero-order chi connectivity index (χ0) is 16.9. The van der Waals surface area contributed by atoms with E-state index in [0.717, 1.165) is 30.0 Å². The molecule has 5 nitrogen and oxygen atoms in total. The summed E-state index contributed by atoms with van der Waals surface area (Å²) in [6.45, 7) is 3.45. The predicted molar refractivity (Wildman–Crippen MR) is 92.9 cm³/mol. The van der Waals surface area contributed by atoms with E-state index in [-0.39, 0.29) is 18.0 Å². The van der Waals surface area contributed by atoms with Gasteiger partial charge in [-0.05, 0) is 43.2 Å². The number of benzene rings is 1. The van der Waals surface area contributed by atoms with E-state index >= 15 is 0 Å². The molecule has 2 aromatic rings. The molecule has 1 amide bonds. The van der Waals surface area contributed by atoms with Gasteiger partial charge in [0.1, 0.15) is 5.76 Å². The first-order valence-corrected chi connectivity index (χ1v) is 8.37. The van der Waals surface area contributed by atoms with Gasteiger partial charge in [0.25, 0.3) is 0 Å². The van der Waals surface area contributed by atoms with Crippen molar-refractivity contribution in [2.45, 2.75) is 31.8 Å². The average Bonchev–Trinajstić information content (AvgIpc) is 3.26. The third-order valence-electron chi connectivity index (χ3n) is 4.43. The number of ether oxygens (including phenoxy) is 1. The molecule has 0 saturated carbocycles. The molecular weight excluding hydrogens is 304 g/mol. The van der Waals surface area contributed by atoms with Gasteiger partial charge >= 0.3 is 0 Å². The van der Waals surface area contributed by atoms with Crippen molar-refractivity contribution < 1.29 is 13.9 Å². The normalized spacial score (nSPS) is 17.2. The first kappa shape index (κ1) is 16.7. The number of nitrogens with zero attached hydrogens (tertiary/aromatic N) is 1. The summed E-state index contributed by atoms with van der Waals surface area (Å²) in [7, 11) is 1.68. The smallest absolute Gasteiger partial charge is 0.227 e. The molecule has 128 valence electrons. The zero-order valence-corrected chi connectivity index (χ0v) is 14.2. The van der Waals surface area contributed by atoms with E-state index in [1.165, 1.54) is 0 Å². The van der Waals surface area contributed by atoms with Crippen LogP contribution in [-0.4, -0.2) is 26.2 Å². The van der Waals surface area contributed by atoms with Crippen LogP contribution in [0.3, 0.4) is 0 Å². The predicted octanol–water partition coefficient (Wildman–Crippen LogP) is 3.44. The van der Waals surface area contributed by atoms with Crippen molar-refractivity contribution in [3.05, 3.63) is 54.0 Å². The Balaban J connectivity index is 1.74. The third-order valence-corrected chi connectivity index (χ3v) is 4.43. The van der Waals surface area contributed by atoms with Gasteiger partial charge in [0.05, 0.1) is 18.9 Å². The Morgan fingerprint density at radius 2 is 2.21 bits per heavy atom. The van der Waals surface area contributed by atoms with Crippen molar-refractivity contribution in [3.63, 3.8) is 0 Å². The minimum atomic E-state index is -0.0166. The maximum absolute atomic E-state index is 12.0. The van der Waals surface area contributed by atoms with Gasteiger partial charge in [0.15, 0.2) is 0 Å².